The predicted octanol–water partition coefficient (Wildman–Crippen LogP) is 2.19. The van der Waals surface area contributed by atoms with E-state index in [1.54, 1.807) is 0 Å². The molecule has 0 spiro atoms. The number of carbonyl (C=O) groups is 1. The molecule has 0 aromatic heterocycles. The number of nitrogens with one attached hydrogen (secondary N) is 1. The highest BCUT2D eigenvalue weighted by Gasteiger charge is 2.39. The smallest absolute Gasteiger partial charge is 0.284 e. The number of sulfonamides is 1. The number of anilines is 1. The SMILES string of the molecule is CCS(=O)(=O)Nc1ccc(C(=O)C(F)(F)F)cc1. The second-order valence-electron chi connectivity index (χ2n) is 3.41. The van der Waals surface area contributed by atoms with Crippen LogP contribution in [0.15, 0.2) is 24.3 Å². The van der Waals surface area contributed by atoms with E-state index in [2.05, 4.69) is 4.72 Å². The van der Waals surface area contributed by atoms with E-state index in [0.717, 1.165) is 24.3 Å². The Morgan fingerprint density at radius 2 is 1.72 bits per heavy atom. The minimum atomic E-state index is -4.94. The van der Waals surface area contributed by atoms with Crippen LogP contribution in [0.25, 0.3) is 0 Å². The maximum atomic E-state index is 12.1. The predicted molar refractivity (Wildman–Crippen MR) is 59.9 cm³/mol. The highest BCUT2D eigenvalue weighted by molar-refractivity contribution is 7.92. The van der Waals surface area contributed by atoms with Gasteiger partial charge in [0.15, 0.2) is 0 Å². The van der Waals surface area contributed by atoms with Crippen molar-refractivity contribution in [3.05, 3.63) is 29.8 Å². The molecule has 0 saturated carbocycles. The second-order valence-corrected chi connectivity index (χ2v) is 5.42. The Labute approximate surface area is 102 Å². The van der Waals surface area contributed by atoms with Crippen molar-refractivity contribution in [3.63, 3.8) is 0 Å². The molecule has 0 aliphatic rings. The number of hydrogen-bond donors (Lipinski definition) is 1. The standard InChI is InChI=1S/C10H10F3NO3S/c1-2-18(16,17)14-8-5-3-7(4-6-8)9(15)10(11,12)13/h3-6,14H,2H2,1H3. The van der Waals surface area contributed by atoms with Crippen LogP contribution in [0.1, 0.15) is 17.3 Å². The van der Waals surface area contributed by atoms with Gasteiger partial charge in [-0.25, -0.2) is 8.42 Å². The molecule has 0 heterocycles. The first-order valence-corrected chi connectivity index (χ1v) is 6.53. The molecular weight excluding hydrogens is 271 g/mol. The van der Waals surface area contributed by atoms with Crippen molar-refractivity contribution in [3.8, 4) is 0 Å². The minimum Gasteiger partial charge on any atom is -0.284 e. The number of rotatable bonds is 4. The second kappa shape index (κ2) is 4.97. The summed E-state index contributed by atoms with van der Waals surface area (Å²) in [5.74, 6) is -2.12. The molecule has 1 aromatic carbocycles. The molecule has 0 atom stereocenters. The molecular formula is C10H10F3NO3S. The van der Waals surface area contributed by atoms with Crippen LogP contribution in [0.2, 0.25) is 0 Å². The maximum Gasteiger partial charge on any atom is 0.454 e. The lowest BCUT2D eigenvalue weighted by molar-refractivity contribution is -0.0885. The molecule has 0 saturated heterocycles. The molecule has 4 nitrogen and oxygen atoms in total. The van der Waals surface area contributed by atoms with Gasteiger partial charge in [-0.15, -0.1) is 0 Å². The van der Waals surface area contributed by atoms with Crippen LogP contribution in [-0.2, 0) is 10.0 Å². The molecule has 0 aliphatic heterocycles. The fraction of sp³-hybridized carbons (Fsp3) is 0.300. The van der Waals surface area contributed by atoms with Crippen LogP contribution >= 0.6 is 0 Å². The monoisotopic (exact) mass is 281 g/mol. The minimum absolute atomic E-state index is 0.107. The summed E-state index contributed by atoms with van der Waals surface area (Å²) in [4.78, 5) is 10.9. The zero-order valence-corrected chi connectivity index (χ0v) is 10.1. The molecule has 1 N–H and O–H groups in total. The first-order chi connectivity index (χ1) is 8.15. The molecule has 0 amide bonds. The summed E-state index contributed by atoms with van der Waals surface area (Å²) in [6.45, 7) is 1.42. The topological polar surface area (TPSA) is 63.2 Å². The Bertz CT molecular complexity index is 534. The van der Waals surface area contributed by atoms with Gasteiger partial charge in [0, 0.05) is 11.3 Å². The van der Waals surface area contributed by atoms with Crippen LogP contribution in [0, 0.1) is 0 Å². The number of Topliss-reactive ketones (excluding diaryl/α,β-unsaturated/α-hetero) is 1. The van der Waals surface area contributed by atoms with Gasteiger partial charge in [-0.2, -0.15) is 13.2 Å². The van der Waals surface area contributed by atoms with Crippen LogP contribution in [0.4, 0.5) is 18.9 Å². The highest BCUT2D eigenvalue weighted by Crippen LogP contribution is 2.22. The summed E-state index contributed by atoms with van der Waals surface area (Å²) >= 11 is 0. The van der Waals surface area contributed by atoms with Gasteiger partial charge in [0.1, 0.15) is 0 Å². The van der Waals surface area contributed by atoms with Gasteiger partial charge in [0.2, 0.25) is 10.0 Å². The van der Waals surface area contributed by atoms with Crippen LogP contribution in [0.5, 0.6) is 0 Å². The summed E-state index contributed by atoms with van der Waals surface area (Å²) in [5.41, 5.74) is -0.433. The van der Waals surface area contributed by atoms with Crippen molar-refractivity contribution in [2.45, 2.75) is 13.1 Å². The third-order valence-corrected chi connectivity index (χ3v) is 3.36. The lowest BCUT2D eigenvalue weighted by Gasteiger charge is -2.08. The van der Waals surface area contributed by atoms with Crippen molar-refractivity contribution in [1.29, 1.82) is 0 Å². The number of halogens is 3. The number of hydrogen-bond acceptors (Lipinski definition) is 3. The van der Waals surface area contributed by atoms with Gasteiger partial charge in [-0.1, -0.05) is 0 Å². The van der Waals surface area contributed by atoms with E-state index in [0.29, 0.717) is 0 Å². The molecule has 0 aliphatic carbocycles. The Kier molecular flexibility index (Phi) is 4.00. The van der Waals surface area contributed by atoms with Crippen molar-refractivity contribution in [2.75, 3.05) is 10.5 Å². The summed E-state index contributed by atoms with van der Waals surface area (Å²) in [5, 5.41) is 0. The molecule has 100 valence electrons. The summed E-state index contributed by atoms with van der Waals surface area (Å²) in [6.07, 6.45) is -4.94. The fourth-order valence-corrected chi connectivity index (χ4v) is 1.74. The van der Waals surface area contributed by atoms with E-state index in [4.69, 9.17) is 0 Å². The summed E-state index contributed by atoms with van der Waals surface area (Å²) in [6, 6.07) is 4.05. The van der Waals surface area contributed by atoms with E-state index in [9.17, 15) is 26.4 Å². The van der Waals surface area contributed by atoms with Crippen LogP contribution in [-0.4, -0.2) is 26.1 Å². The van der Waals surface area contributed by atoms with E-state index in [-0.39, 0.29) is 11.4 Å². The third-order valence-electron chi connectivity index (χ3n) is 2.06. The normalized spacial score (nSPS) is 12.2. The van der Waals surface area contributed by atoms with Gasteiger partial charge in [-0.05, 0) is 31.2 Å². The van der Waals surface area contributed by atoms with Gasteiger partial charge in [0.25, 0.3) is 5.78 Å². The van der Waals surface area contributed by atoms with Crippen molar-refractivity contribution in [1.82, 2.24) is 0 Å². The number of carbonyl (C=O) groups excluding carboxylic acids is 1. The molecule has 18 heavy (non-hydrogen) atoms. The van der Waals surface area contributed by atoms with Crippen molar-refractivity contribution < 1.29 is 26.4 Å². The molecule has 1 rings (SSSR count). The summed E-state index contributed by atoms with van der Waals surface area (Å²) < 4.78 is 60.8. The van der Waals surface area contributed by atoms with Gasteiger partial charge in [0.05, 0.1) is 5.75 Å². The Balaban J connectivity index is 2.91. The number of alkyl halides is 3. The van der Waals surface area contributed by atoms with Crippen LogP contribution in [0.3, 0.4) is 0 Å². The van der Waals surface area contributed by atoms with Gasteiger partial charge in [-0.3, -0.25) is 9.52 Å². The molecule has 8 heteroatoms. The van der Waals surface area contributed by atoms with Gasteiger partial charge < -0.3 is 0 Å². The Hall–Kier alpha value is -1.57. The van der Waals surface area contributed by atoms with Crippen molar-refractivity contribution >= 4 is 21.5 Å². The van der Waals surface area contributed by atoms with E-state index >= 15 is 0 Å². The zero-order chi connectivity index (χ0) is 14.0. The van der Waals surface area contributed by atoms with E-state index in [1.165, 1.54) is 6.92 Å². The average molecular weight is 281 g/mol. The lowest BCUT2D eigenvalue weighted by atomic mass is 10.1. The average Bonchev–Trinajstić information content (AvgIpc) is 2.27. The molecule has 0 fully saturated rings. The van der Waals surface area contributed by atoms with Crippen molar-refractivity contribution in [2.24, 2.45) is 0 Å². The Morgan fingerprint density at radius 1 is 1.22 bits per heavy atom. The van der Waals surface area contributed by atoms with E-state index < -0.39 is 27.5 Å². The van der Waals surface area contributed by atoms with E-state index in [1.807, 2.05) is 0 Å². The molecule has 0 unspecified atom stereocenters. The quantitative estimate of drug-likeness (QED) is 0.860. The first kappa shape index (κ1) is 14.5. The zero-order valence-electron chi connectivity index (χ0n) is 9.28. The summed E-state index contributed by atoms with van der Waals surface area (Å²) in [7, 11) is -3.49. The van der Waals surface area contributed by atoms with Gasteiger partial charge >= 0.3 is 6.18 Å². The molecule has 0 radical (unpaired) electrons. The fourth-order valence-electron chi connectivity index (χ4n) is 1.11. The number of ketones is 1. The Morgan fingerprint density at radius 3 is 2.11 bits per heavy atom. The molecule has 1 aromatic rings. The molecule has 0 bridgehead atoms. The maximum absolute atomic E-state index is 12.1. The van der Waals surface area contributed by atoms with Crippen LogP contribution < -0.4 is 4.72 Å². The first-order valence-electron chi connectivity index (χ1n) is 4.88. The third kappa shape index (κ3) is 3.73. The lowest BCUT2D eigenvalue weighted by Crippen LogP contribution is -2.22. The number of benzene rings is 1. The largest absolute Gasteiger partial charge is 0.454 e. The highest BCUT2D eigenvalue weighted by atomic mass is 32.2.